The van der Waals surface area contributed by atoms with Crippen LogP contribution < -0.4 is 24.8 Å². The van der Waals surface area contributed by atoms with Gasteiger partial charge in [-0.3, -0.25) is 52.9 Å². The van der Waals surface area contributed by atoms with E-state index in [2.05, 4.69) is 57.2 Å². The predicted molar refractivity (Wildman–Crippen MR) is 579 cm³/mol. The maximum absolute atomic E-state index is 13.6. The molecule has 11 aliphatic rings. The van der Waals surface area contributed by atoms with E-state index in [1.807, 2.05) is 325 Å². The molecule has 0 saturated carbocycles. The van der Waals surface area contributed by atoms with Gasteiger partial charge in [-0.1, -0.05) is 205 Å². The van der Waals surface area contributed by atoms with Crippen LogP contribution in [0.4, 0.5) is 0 Å². The molecule has 2 N–H and O–H groups in total. The fraction of sp³-hybridized carbons (Fsp3) is 0.397. The van der Waals surface area contributed by atoms with Crippen molar-refractivity contribution in [2.24, 2.45) is 0 Å². The maximum atomic E-state index is 13.6. The number of rotatable bonds is 15. The highest BCUT2D eigenvalue weighted by Gasteiger charge is 2.56. The first-order valence-corrected chi connectivity index (χ1v) is 52.4. The number of hydrogen-bond acceptors (Lipinski definition) is 16. The highest BCUT2D eigenvalue weighted by atomic mass is 35.5. The van der Waals surface area contributed by atoms with Gasteiger partial charge in [-0.25, -0.2) is 0 Å². The second-order valence-electron chi connectivity index (χ2n) is 43.0. The van der Waals surface area contributed by atoms with Gasteiger partial charge in [0.1, 0.15) is 25.0 Å². The Morgan fingerprint density at radius 2 is 0.691 bits per heavy atom. The first-order chi connectivity index (χ1) is 71.0. The minimum absolute atomic E-state index is 0.0000594. The molecule has 0 radical (unpaired) electrons. The molecule has 4 unspecified atom stereocenters. The van der Waals surface area contributed by atoms with Crippen molar-refractivity contribution in [2.45, 2.75) is 211 Å². The summed E-state index contributed by atoms with van der Waals surface area (Å²) in [4.78, 5) is 157. The molecular weight excluding hydrogens is 1910 g/mol. The summed E-state index contributed by atoms with van der Waals surface area (Å²) in [7, 11) is 10.8. The fourth-order valence-corrected chi connectivity index (χ4v) is 23.1. The lowest BCUT2D eigenvalue weighted by atomic mass is 9.84. The van der Waals surface area contributed by atoms with Crippen LogP contribution in [-0.2, 0) is 80.0 Å². The van der Waals surface area contributed by atoms with Crippen LogP contribution in [0, 0.1) is 0 Å². The summed E-state index contributed by atoms with van der Waals surface area (Å²) in [5.41, 5.74) is 14.3. The normalized spacial score (nSPS) is 21.1. The van der Waals surface area contributed by atoms with E-state index in [0.717, 1.165) is 128 Å². The topological polar surface area (TPSA) is 268 Å². The number of aromatic nitrogens is 1. The molecule has 11 aliphatic heterocycles. The quantitative estimate of drug-likeness (QED) is 0.0966. The summed E-state index contributed by atoms with van der Waals surface area (Å²) < 4.78 is 16.8. The van der Waals surface area contributed by atoms with Crippen molar-refractivity contribution < 1.29 is 62.2 Å². The summed E-state index contributed by atoms with van der Waals surface area (Å²) in [6.45, 7) is 29.7. The number of carbonyl (C=O) groups excluding carboxylic acids is 10. The lowest BCUT2D eigenvalue weighted by Gasteiger charge is -2.39. The Morgan fingerprint density at radius 3 is 1.12 bits per heavy atom. The largest absolute Gasteiger partial charge is 0.497 e. The Kier molecular flexibility index (Phi) is 32.0. The number of carbonyl (C=O) groups is 10. The van der Waals surface area contributed by atoms with E-state index >= 15 is 0 Å². The third-order valence-electron chi connectivity index (χ3n) is 32.3. The molecule has 20 rings (SSSR count). The third-order valence-corrected chi connectivity index (χ3v) is 33.0. The first kappa shape index (κ1) is 108. The standard InChI is InChI=1S/C26H29N3O4.C25H26Cl2N2O2.C25H29N3O3.C24H27N3O2.C21H28N2O2/c1-26(2)24-22(25(31)28(26)3)23(18-9-10-19-20(16-18)33-14-13-32-19)29(12-11-27-24)21(30)15-17-7-5-4-6-8-17;1-25(2)18-10-7-13-29(21(30)14-16-8-5-4-6-9-16)23(22(18)24(31)28(25)3)17-11-12-19(26)20(27)15-17;1-25(2)23-21(24(30)27(25)3)22(18-10-12-19(31-4)13-11-18)28(15-14-26-23)20(29)16-17-8-6-5-7-9-17;1-24(2)18-12-9-15-27(20(28)16-17-10-5-4-6-11-17)22(19-13-7-8-14-25-19)21(18)23(29)26(24)3;1-20(2)16-12-9-13-23(17(24)14-15-10-7-6-8-11-15)21(3,4)18(16)19(25)22(20)5/h4-10,16,23,27H,11-15H2,1-3H3;4-6,8-9,11-12,15,23H,7,10,13-14H2,1-3H3;5-13,22,26H,14-16H2,1-4H3;4-8,10-11,13-14,22H,9,12,15-16H2,1-3H3;6-8,10-11H,9,12-14H2,1-5H3. The average Bonchev–Trinajstić information content (AvgIpc) is 1.60. The number of nitrogens with one attached hydrogen (secondary N) is 2. The number of hydrogen-bond donors (Lipinski definition) is 2. The lowest BCUT2D eigenvalue weighted by Crippen LogP contribution is -2.51. The van der Waals surface area contributed by atoms with Crippen molar-refractivity contribution in [1.29, 1.82) is 0 Å². The molecule has 0 bridgehead atoms. The second-order valence-corrected chi connectivity index (χ2v) is 43.8. The van der Waals surface area contributed by atoms with Gasteiger partial charge in [-0.05, 0) is 231 Å². The molecule has 0 fully saturated rings. The maximum Gasteiger partial charge on any atom is 0.254 e. The SMILES string of the molecule is CN1C(=O)C2=C(CCCN(C(=O)Cc3ccccc3)C2(C)C)C1(C)C.CN1C(=O)C2=C(CCCN(C(=O)Cc3ccccc3)C2c2ccc(Cl)c(Cl)c2)C1(C)C.CN1C(=O)C2=C(CCCN(C(=O)Cc3ccccc3)C2c2ccccn2)C1(C)C.CN1C(=O)C2=C(NCCN(C(=O)Cc3ccccc3)C2c2ccc3c(c2)OCCO3)C1(C)C.COc1ccc(C2C3=C(NCCN2C(=O)Cc2ccccc2)C(C)(C)N(C)C3=O)cc1. The molecular formula is C121H139Cl2N13O13. The Morgan fingerprint density at radius 1 is 0.349 bits per heavy atom. The van der Waals surface area contributed by atoms with Crippen molar-refractivity contribution in [3.8, 4) is 17.2 Å². The molecule has 12 heterocycles. The number of benzene rings is 8. The number of methoxy groups -OCH3 is 1. The zero-order chi connectivity index (χ0) is 107. The molecule has 26 nitrogen and oxygen atoms in total. The summed E-state index contributed by atoms with van der Waals surface area (Å²) in [6.07, 6.45) is 8.30. The molecule has 4 atom stereocenters. The monoisotopic (exact) mass is 2050 g/mol. The number of pyridine rings is 1. The van der Waals surface area contributed by atoms with E-state index in [0.29, 0.717) is 117 Å². The first-order valence-electron chi connectivity index (χ1n) is 51.7. The highest BCUT2D eigenvalue weighted by Crippen LogP contribution is 2.53. The van der Waals surface area contributed by atoms with Crippen LogP contribution in [0.15, 0.2) is 293 Å². The molecule has 780 valence electrons. The molecule has 8 aromatic carbocycles. The van der Waals surface area contributed by atoms with E-state index in [9.17, 15) is 47.9 Å². The van der Waals surface area contributed by atoms with Gasteiger partial charge in [0, 0.05) is 115 Å². The van der Waals surface area contributed by atoms with Gasteiger partial charge >= 0.3 is 0 Å². The fourth-order valence-electron chi connectivity index (χ4n) is 22.8. The number of fused-ring (bicyclic) bond motifs is 1. The average molecular weight is 2050 g/mol. The van der Waals surface area contributed by atoms with Crippen LogP contribution in [0.3, 0.4) is 0 Å². The predicted octanol–water partition coefficient (Wildman–Crippen LogP) is 17.8. The van der Waals surface area contributed by atoms with Gasteiger partial charge in [-0.15, -0.1) is 0 Å². The Labute approximate surface area is 886 Å². The van der Waals surface area contributed by atoms with Crippen LogP contribution >= 0.6 is 23.2 Å². The molecule has 9 aromatic rings. The van der Waals surface area contributed by atoms with Crippen molar-refractivity contribution in [3.63, 3.8) is 0 Å². The number of nitrogens with zero attached hydrogens (tertiary/aromatic N) is 11. The van der Waals surface area contributed by atoms with Crippen LogP contribution in [-0.4, -0.2) is 248 Å². The van der Waals surface area contributed by atoms with Crippen LogP contribution in [0.25, 0.3) is 0 Å². The highest BCUT2D eigenvalue weighted by molar-refractivity contribution is 6.42. The van der Waals surface area contributed by atoms with E-state index in [1.165, 1.54) is 5.57 Å². The van der Waals surface area contributed by atoms with Gasteiger partial charge in [0.2, 0.25) is 29.5 Å². The minimum atomic E-state index is -0.586. The Hall–Kier alpha value is -14.1. The number of likely N-dealkylation sites (N-methyl/N-ethyl adjacent to an activating group) is 5. The molecule has 28 heteroatoms. The minimum Gasteiger partial charge on any atom is -0.497 e. The van der Waals surface area contributed by atoms with Crippen LogP contribution in [0.2, 0.25) is 10.0 Å². The molecule has 1 aromatic heterocycles. The number of halogens is 2. The summed E-state index contributed by atoms with van der Waals surface area (Å²) in [6, 6.07) is 71.3. The van der Waals surface area contributed by atoms with Gasteiger partial charge in [-0.2, -0.15) is 0 Å². The Bertz CT molecular complexity index is 6750. The number of ether oxygens (including phenoxy) is 3. The van der Waals surface area contributed by atoms with E-state index in [1.54, 1.807) is 45.0 Å². The van der Waals surface area contributed by atoms with Crippen LogP contribution in [0.1, 0.15) is 196 Å². The van der Waals surface area contributed by atoms with Crippen molar-refractivity contribution in [2.75, 3.05) is 101 Å². The van der Waals surface area contributed by atoms with E-state index in [-0.39, 0.29) is 88.5 Å². The van der Waals surface area contributed by atoms with Gasteiger partial charge < -0.3 is 73.8 Å². The third kappa shape index (κ3) is 21.5. The molecule has 0 saturated heterocycles. The van der Waals surface area contributed by atoms with Crippen LogP contribution in [0.5, 0.6) is 17.2 Å². The summed E-state index contributed by atoms with van der Waals surface area (Å²) >= 11 is 12.5. The molecule has 0 aliphatic carbocycles. The van der Waals surface area contributed by atoms with Crippen molar-refractivity contribution >= 4 is 82.3 Å². The van der Waals surface area contributed by atoms with Crippen molar-refractivity contribution in [1.82, 2.24) is 64.6 Å². The van der Waals surface area contributed by atoms with E-state index < -0.39 is 40.8 Å². The van der Waals surface area contributed by atoms with Gasteiger partial charge in [0.25, 0.3) is 29.5 Å². The van der Waals surface area contributed by atoms with Gasteiger partial charge in [0.15, 0.2) is 11.5 Å². The zero-order valence-electron chi connectivity index (χ0n) is 89.0. The summed E-state index contributed by atoms with van der Waals surface area (Å²) in [5.74, 6) is 2.08. The van der Waals surface area contributed by atoms with Crippen molar-refractivity contribution in [3.05, 3.63) is 353 Å². The number of amides is 10. The molecule has 10 amide bonds. The zero-order valence-corrected chi connectivity index (χ0v) is 90.5. The summed E-state index contributed by atoms with van der Waals surface area (Å²) in [5, 5.41) is 7.80. The molecule has 0 spiro atoms. The van der Waals surface area contributed by atoms with E-state index in [4.69, 9.17) is 37.4 Å². The smallest absolute Gasteiger partial charge is 0.254 e. The molecule has 149 heavy (non-hydrogen) atoms. The lowest BCUT2D eigenvalue weighted by molar-refractivity contribution is -0.137. The second kappa shape index (κ2) is 44.4. The Balaban J connectivity index is 0.000000133. The van der Waals surface area contributed by atoms with Gasteiger partial charge in [0.05, 0.1) is 117 Å².